The lowest BCUT2D eigenvalue weighted by atomic mass is 9.93. The van der Waals surface area contributed by atoms with Gasteiger partial charge in [-0.3, -0.25) is 9.59 Å². The van der Waals surface area contributed by atoms with E-state index in [1.165, 1.54) is 0 Å². The summed E-state index contributed by atoms with van der Waals surface area (Å²) in [6.07, 6.45) is 2.14. The fourth-order valence-corrected chi connectivity index (χ4v) is 2.60. The molecule has 2 rings (SSSR count). The highest BCUT2D eigenvalue weighted by atomic mass is 16.2. The Morgan fingerprint density at radius 1 is 1.14 bits per heavy atom. The number of hydrogen-bond donors (Lipinski definition) is 2. The van der Waals surface area contributed by atoms with Crippen molar-refractivity contribution in [1.82, 2.24) is 10.3 Å². The lowest BCUT2D eigenvalue weighted by Gasteiger charge is -2.22. The standard InChI is InChI=1S/C18H24N2O2/c1-11(2)17(18(22)12(3)4)20-16(21)9-13-10-19-15-8-6-5-7-14(13)15/h5-8,10-12,17,19H,9H2,1-4H3,(H,20,21). The van der Waals surface area contributed by atoms with Gasteiger partial charge in [0.2, 0.25) is 5.91 Å². The van der Waals surface area contributed by atoms with Gasteiger partial charge in [0.15, 0.2) is 5.78 Å². The first kappa shape index (κ1) is 16.3. The molecule has 0 saturated carbocycles. The van der Waals surface area contributed by atoms with Crippen LogP contribution in [0.4, 0.5) is 0 Å². The third kappa shape index (κ3) is 3.56. The summed E-state index contributed by atoms with van der Waals surface area (Å²) in [5.41, 5.74) is 1.97. The molecule has 0 saturated heterocycles. The van der Waals surface area contributed by atoms with Gasteiger partial charge in [0.1, 0.15) is 0 Å². The Morgan fingerprint density at radius 3 is 2.45 bits per heavy atom. The fourth-order valence-electron chi connectivity index (χ4n) is 2.60. The highest BCUT2D eigenvalue weighted by Gasteiger charge is 2.26. The molecule has 0 aliphatic carbocycles. The highest BCUT2D eigenvalue weighted by molar-refractivity contribution is 5.93. The van der Waals surface area contributed by atoms with Gasteiger partial charge in [0, 0.05) is 23.0 Å². The maximum absolute atomic E-state index is 12.3. The van der Waals surface area contributed by atoms with E-state index < -0.39 is 6.04 Å². The van der Waals surface area contributed by atoms with Gasteiger partial charge < -0.3 is 10.3 Å². The van der Waals surface area contributed by atoms with E-state index in [0.29, 0.717) is 0 Å². The van der Waals surface area contributed by atoms with Crippen LogP contribution >= 0.6 is 0 Å². The number of Topliss-reactive ketones (excluding diaryl/α,β-unsaturated/α-hetero) is 1. The van der Waals surface area contributed by atoms with E-state index in [9.17, 15) is 9.59 Å². The van der Waals surface area contributed by atoms with Gasteiger partial charge >= 0.3 is 0 Å². The van der Waals surface area contributed by atoms with Crippen LogP contribution < -0.4 is 5.32 Å². The first-order chi connectivity index (χ1) is 10.4. The first-order valence-corrected chi connectivity index (χ1v) is 7.78. The average molecular weight is 300 g/mol. The number of amides is 1. The average Bonchev–Trinajstić information content (AvgIpc) is 2.87. The van der Waals surface area contributed by atoms with E-state index in [1.54, 1.807) is 0 Å². The molecule has 0 radical (unpaired) electrons. The van der Waals surface area contributed by atoms with Crippen LogP contribution in [-0.2, 0) is 16.0 Å². The SMILES string of the molecule is CC(C)C(=O)C(NC(=O)Cc1c[nH]c2ccccc12)C(C)C. The monoisotopic (exact) mass is 300 g/mol. The van der Waals surface area contributed by atoms with Gasteiger partial charge in [-0.1, -0.05) is 45.9 Å². The third-order valence-corrected chi connectivity index (χ3v) is 3.88. The molecule has 118 valence electrons. The van der Waals surface area contributed by atoms with Crippen molar-refractivity contribution in [3.8, 4) is 0 Å². The minimum Gasteiger partial charge on any atom is -0.361 e. The molecule has 1 unspecified atom stereocenters. The second-order valence-corrected chi connectivity index (χ2v) is 6.38. The number of carbonyl (C=O) groups excluding carboxylic acids is 2. The quantitative estimate of drug-likeness (QED) is 0.861. The number of benzene rings is 1. The molecular weight excluding hydrogens is 276 g/mol. The summed E-state index contributed by atoms with van der Waals surface area (Å²) >= 11 is 0. The Morgan fingerprint density at radius 2 is 1.82 bits per heavy atom. The van der Waals surface area contributed by atoms with E-state index >= 15 is 0 Å². The molecule has 2 N–H and O–H groups in total. The Kier molecular flexibility index (Phi) is 5.01. The molecule has 0 aliphatic heterocycles. The predicted molar refractivity (Wildman–Crippen MR) is 88.6 cm³/mol. The van der Waals surface area contributed by atoms with Crippen LogP contribution in [0.1, 0.15) is 33.3 Å². The van der Waals surface area contributed by atoms with Gasteiger partial charge in [0.25, 0.3) is 0 Å². The number of H-pyrrole nitrogens is 1. The summed E-state index contributed by atoms with van der Waals surface area (Å²) in [5.74, 6) is -0.0256. The molecule has 0 spiro atoms. The zero-order valence-corrected chi connectivity index (χ0v) is 13.6. The molecular formula is C18H24N2O2. The van der Waals surface area contributed by atoms with Crippen LogP contribution in [0.25, 0.3) is 10.9 Å². The maximum Gasteiger partial charge on any atom is 0.225 e. The molecule has 0 aliphatic rings. The minimum absolute atomic E-state index is 0.0826. The van der Waals surface area contributed by atoms with Crippen LogP contribution in [-0.4, -0.2) is 22.7 Å². The largest absolute Gasteiger partial charge is 0.361 e. The minimum atomic E-state index is -0.419. The van der Waals surface area contributed by atoms with Crippen LogP contribution in [0.5, 0.6) is 0 Å². The number of nitrogens with one attached hydrogen (secondary N) is 2. The number of aromatic nitrogens is 1. The fraction of sp³-hybridized carbons (Fsp3) is 0.444. The van der Waals surface area contributed by atoms with Crippen molar-refractivity contribution in [2.75, 3.05) is 0 Å². The van der Waals surface area contributed by atoms with Gasteiger partial charge in [0.05, 0.1) is 12.5 Å². The molecule has 1 atom stereocenters. The molecule has 2 aromatic rings. The van der Waals surface area contributed by atoms with Crippen molar-refractivity contribution in [1.29, 1.82) is 0 Å². The molecule has 1 heterocycles. The van der Waals surface area contributed by atoms with Gasteiger partial charge in [-0.05, 0) is 17.5 Å². The lowest BCUT2D eigenvalue weighted by Crippen LogP contribution is -2.46. The summed E-state index contributed by atoms with van der Waals surface area (Å²) in [5, 5.41) is 3.95. The van der Waals surface area contributed by atoms with Crippen molar-refractivity contribution in [3.05, 3.63) is 36.0 Å². The van der Waals surface area contributed by atoms with Gasteiger partial charge in [-0.2, -0.15) is 0 Å². The van der Waals surface area contributed by atoms with E-state index in [1.807, 2.05) is 58.2 Å². The van der Waals surface area contributed by atoms with Crippen molar-refractivity contribution >= 4 is 22.6 Å². The van der Waals surface area contributed by atoms with Crippen LogP contribution in [0.15, 0.2) is 30.5 Å². The second kappa shape index (κ2) is 6.77. The summed E-state index contributed by atoms with van der Waals surface area (Å²) < 4.78 is 0. The molecule has 0 fully saturated rings. The number of carbonyl (C=O) groups is 2. The number of fused-ring (bicyclic) bond motifs is 1. The Hall–Kier alpha value is -2.10. The van der Waals surface area contributed by atoms with Crippen molar-refractivity contribution in [3.63, 3.8) is 0 Å². The molecule has 0 bridgehead atoms. The van der Waals surface area contributed by atoms with Gasteiger partial charge in [-0.25, -0.2) is 0 Å². The highest BCUT2D eigenvalue weighted by Crippen LogP contribution is 2.18. The molecule has 22 heavy (non-hydrogen) atoms. The molecule has 1 aromatic carbocycles. The summed E-state index contributed by atoms with van der Waals surface area (Å²) in [7, 11) is 0. The summed E-state index contributed by atoms with van der Waals surface area (Å²) in [4.78, 5) is 27.7. The van der Waals surface area contributed by atoms with E-state index in [2.05, 4.69) is 10.3 Å². The number of rotatable bonds is 6. The molecule has 4 nitrogen and oxygen atoms in total. The number of hydrogen-bond acceptors (Lipinski definition) is 2. The summed E-state index contributed by atoms with van der Waals surface area (Å²) in [6.45, 7) is 7.64. The Balaban J connectivity index is 2.10. The lowest BCUT2D eigenvalue weighted by molar-refractivity contribution is -0.130. The van der Waals surface area contributed by atoms with Crippen molar-refractivity contribution in [2.45, 2.75) is 40.2 Å². The second-order valence-electron chi connectivity index (χ2n) is 6.38. The maximum atomic E-state index is 12.3. The molecule has 1 aromatic heterocycles. The zero-order valence-electron chi connectivity index (χ0n) is 13.6. The Labute approximate surface area is 131 Å². The van der Waals surface area contributed by atoms with Gasteiger partial charge in [-0.15, -0.1) is 0 Å². The number of para-hydroxylation sites is 1. The number of ketones is 1. The van der Waals surface area contributed by atoms with E-state index in [0.717, 1.165) is 16.5 Å². The van der Waals surface area contributed by atoms with Crippen LogP contribution in [0, 0.1) is 11.8 Å². The van der Waals surface area contributed by atoms with E-state index in [-0.39, 0.29) is 29.9 Å². The topological polar surface area (TPSA) is 62.0 Å². The first-order valence-electron chi connectivity index (χ1n) is 7.78. The van der Waals surface area contributed by atoms with Crippen LogP contribution in [0.2, 0.25) is 0 Å². The predicted octanol–water partition coefficient (Wildman–Crippen LogP) is 3.08. The van der Waals surface area contributed by atoms with E-state index in [4.69, 9.17) is 0 Å². The normalized spacial score (nSPS) is 12.8. The van der Waals surface area contributed by atoms with Crippen LogP contribution in [0.3, 0.4) is 0 Å². The van der Waals surface area contributed by atoms with Crippen molar-refractivity contribution < 1.29 is 9.59 Å². The number of aromatic amines is 1. The zero-order chi connectivity index (χ0) is 16.3. The van der Waals surface area contributed by atoms with Crippen molar-refractivity contribution in [2.24, 2.45) is 11.8 Å². The molecule has 1 amide bonds. The smallest absolute Gasteiger partial charge is 0.225 e. The molecule has 4 heteroatoms. The summed E-state index contributed by atoms with van der Waals surface area (Å²) in [6, 6.07) is 7.47. The Bertz CT molecular complexity index is 671. The third-order valence-electron chi connectivity index (χ3n) is 3.88.